The average Bonchev–Trinajstić information content (AvgIpc) is 3.34. The third kappa shape index (κ3) is 3.82. The summed E-state index contributed by atoms with van der Waals surface area (Å²) < 4.78 is 12.9. The molecule has 3 rings (SSSR count). The minimum absolute atomic E-state index is 0.0269. The maximum atomic E-state index is 12.9. The molecular formula is C19H25N3O3S. The first-order valence-corrected chi connectivity index (χ1v) is 9.81. The topological polar surface area (TPSA) is 56.6 Å². The van der Waals surface area contributed by atoms with Crippen LogP contribution in [-0.2, 0) is 11.3 Å². The van der Waals surface area contributed by atoms with E-state index >= 15 is 0 Å². The normalized spacial score (nSPS) is 16.7. The van der Waals surface area contributed by atoms with E-state index in [0.717, 1.165) is 48.2 Å². The van der Waals surface area contributed by atoms with Gasteiger partial charge in [0.2, 0.25) is 5.91 Å². The fourth-order valence-corrected chi connectivity index (χ4v) is 4.28. The van der Waals surface area contributed by atoms with Crippen LogP contribution in [0.15, 0.2) is 35.7 Å². The highest BCUT2D eigenvalue weighted by Gasteiger charge is 2.32. The van der Waals surface area contributed by atoms with Crippen molar-refractivity contribution in [2.24, 2.45) is 0 Å². The van der Waals surface area contributed by atoms with Gasteiger partial charge in [0.25, 0.3) is 0 Å². The molecule has 0 aliphatic carbocycles. The van der Waals surface area contributed by atoms with Gasteiger partial charge in [0.15, 0.2) is 5.16 Å². The first-order valence-electron chi connectivity index (χ1n) is 8.83. The van der Waals surface area contributed by atoms with Crippen molar-refractivity contribution >= 4 is 17.7 Å². The quantitative estimate of drug-likeness (QED) is 0.695. The van der Waals surface area contributed by atoms with E-state index in [-0.39, 0.29) is 11.9 Å². The van der Waals surface area contributed by atoms with Crippen molar-refractivity contribution in [2.75, 3.05) is 26.5 Å². The number of benzene rings is 1. The highest BCUT2D eigenvalue weighted by molar-refractivity contribution is 7.99. The maximum Gasteiger partial charge on any atom is 0.233 e. The number of imidazole rings is 1. The number of carbonyl (C=O) groups is 1. The van der Waals surface area contributed by atoms with Crippen LogP contribution < -0.4 is 9.47 Å². The Hall–Kier alpha value is -2.15. The molecule has 1 saturated heterocycles. The molecule has 1 aliphatic heterocycles. The lowest BCUT2D eigenvalue weighted by Gasteiger charge is -2.26. The number of thioether (sulfide) groups is 1. The largest absolute Gasteiger partial charge is 0.497 e. The zero-order valence-electron chi connectivity index (χ0n) is 15.5. The Morgan fingerprint density at radius 1 is 1.35 bits per heavy atom. The molecule has 1 atom stereocenters. The smallest absolute Gasteiger partial charge is 0.233 e. The van der Waals surface area contributed by atoms with Gasteiger partial charge in [-0.1, -0.05) is 11.8 Å². The highest BCUT2D eigenvalue weighted by atomic mass is 32.2. The molecule has 0 spiro atoms. The molecule has 0 bridgehead atoms. The lowest BCUT2D eigenvalue weighted by molar-refractivity contribution is -0.129. The van der Waals surface area contributed by atoms with Gasteiger partial charge in [-0.25, -0.2) is 4.98 Å². The number of likely N-dealkylation sites (tertiary alicyclic amines) is 1. The van der Waals surface area contributed by atoms with Crippen LogP contribution in [0.5, 0.6) is 11.5 Å². The predicted octanol–water partition coefficient (Wildman–Crippen LogP) is 3.38. The number of nitrogens with zero attached hydrogens (tertiary/aromatic N) is 3. The Bertz CT molecular complexity index is 762. The summed E-state index contributed by atoms with van der Waals surface area (Å²) in [6.07, 6.45) is 5.64. The Balaban J connectivity index is 1.74. The van der Waals surface area contributed by atoms with E-state index in [1.165, 1.54) is 11.8 Å². The first kappa shape index (κ1) is 18.6. The van der Waals surface area contributed by atoms with Crippen molar-refractivity contribution in [3.8, 4) is 11.5 Å². The summed E-state index contributed by atoms with van der Waals surface area (Å²) in [5.41, 5.74) is 1.01. The molecule has 2 heterocycles. The van der Waals surface area contributed by atoms with Gasteiger partial charge < -0.3 is 18.9 Å². The van der Waals surface area contributed by atoms with E-state index in [1.807, 2.05) is 33.9 Å². The van der Waals surface area contributed by atoms with Crippen LogP contribution in [-0.4, -0.2) is 46.9 Å². The summed E-state index contributed by atoms with van der Waals surface area (Å²) in [4.78, 5) is 19.2. The van der Waals surface area contributed by atoms with E-state index in [4.69, 9.17) is 9.47 Å². The van der Waals surface area contributed by atoms with Gasteiger partial charge in [-0.3, -0.25) is 4.79 Å². The second-order valence-corrected chi connectivity index (χ2v) is 7.08. The van der Waals surface area contributed by atoms with E-state index in [0.29, 0.717) is 5.75 Å². The number of carbonyl (C=O) groups excluding carboxylic acids is 1. The van der Waals surface area contributed by atoms with Crippen molar-refractivity contribution in [2.45, 2.75) is 37.5 Å². The number of hydrogen-bond donors (Lipinski definition) is 0. The monoisotopic (exact) mass is 375 g/mol. The Kier molecular flexibility index (Phi) is 6.08. The summed E-state index contributed by atoms with van der Waals surface area (Å²) >= 11 is 1.49. The van der Waals surface area contributed by atoms with Crippen LogP contribution in [0, 0.1) is 0 Å². The van der Waals surface area contributed by atoms with Crippen LogP contribution >= 0.6 is 11.8 Å². The molecule has 0 radical (unpaired) electrons. The summed E-state index contributed by atoms with van der Waals surface area (Å²) in [6, 6.07) is 5.79. The number of aryl methyl sites for hydroxylation is 1. The van der Waals surface area contributed by atoms with Gasteiger partial charge in [-0.05, 0) is 38.0 Å². The minimum atomic E-state index is 0.0269. The number of rotatable bonds is 7. The second-order valence-electron chi connectivity index (χ2n) is 6.14. The first-order chi connectivity index (χ1) is 12.7. The molecule has 26 heavy (non-hydrogen) atoms. The van der Waals surface area contributed by atoms with Crippen molar-refractivity contribution in [3.63, 3.8) is 0 Å². The molecule has 1 amide bonds. The van der Waals surface area contributed by atoms with E-state index in [2.05, 4.69) is 11.9 Å². The van der Waals surface area contributed by atoms with Crippen molar-refractivity contribution in [1.82, 2.24) is 14.5 Å². The van der Waals surface area contributed by atoms with E-state index in [9.17, 15) is 4.79 Å². The summed E-state index contributed by atoms with van der Waals surface area (Å²) in [7, 11) is 3.31. The second kappa shape index (κ2) is 8.49. The molecule has 1 aromatic carbocycles. The number of amides is 1. The molecule has 7 heteroatoms. The Morgan fingerprint density at radius 2 is 2.19 bits per heavy atom. The third-order valence-corrected chi connectivity index (χ3v) is 5.70. The Labute approximate surface area is 158 Å². The van der Waals surface area contributed by atoms with Crippen LogP contribution in [0.2, 0.25) is 0 Å². The number of ether oxygens (including phenoxy) is 2. The van der Waals surface area contributed by atoms with Gasteiger partial charge in [-0.2, -0.15) is 0 Å². The predicted molar refractivity (Wildman–Crippen MR) is 102 cm³/mol. The Morgan fingerprint density at radius 3 is 2.92 bits per heavy atom. The summed E-state index contributed by atoms with van der Waals surface area (Å²) in [5.74, 6) is 2.09. The molecule has 1 fully saturated rings. The lowest BCUT2D eigenvalue weighted by Crippen LogP contribution is -2.32. The summed E-state index contributed by atoms with van der Waals surface area (Å²) in [6.45, 7) is 3.69. The van der Waals surface area contributed by atoms with Crippen LogP contribution in [0.4, 0.5) is 0 Å². The molecular weight excluding hydrogens is 350 g/mol. The fourth-order valence-electron chi connectivity index (χ4n) is 3.37. The summed E-state index contributed by atoms with van der Waals surface area (Å²) in [5, 5.41) is 0.885. The number of hydrogen-bond acceptors (Lipinski definition) is 5. The van der Waals surface area contributed by atoms with Crippen molar-refractivity contribution < 1.29 is 14.3 Å². The molecule has 140 valence electrons. The molecule has 2 aromatic rings. The SMILES string of the molecule is CCn1ccnc1SCC(=O)N1CCCC1c1cc(OC)ccc1OC. The van der Waals surface area contributed by atoms with Gasteiger partial charge in [0, 0.05) is 31.0 Å². The highest BCUT2D eigenvalue weighted by Crippen LogP contribution is 2.39. The van der Waals surface area contributed by atoms with Gasteiger partial charge in [-0.15, -0.1) is 0 Å². The molecule has 0 N–H and O–H groups in total. The standard InChI is InChI=1S/C19H25N3O3S/c1-4-21-11-9-20-19(21)26-13-18(23)22-10-5-6-16(22)15-12-14(24-2)7-8-17(15)25-3/h7-9,11-12,16H,4-6,10,13H2,1-3H3. The molecule has 1 aromatic heterocycles. The molecule has 1 unspecified atom stereocenters. The van der Waals surface area contributed by atoms with E-state index in [1.54, 1.807) is 20.4 Å². The van der Waals surface area contributed by atoms with Crippen LogP contribution in [0.1, 0.15) is 31.4 Å². The minimum Gasteiger partial charge on any atom is -0.497 e. The number of methoxy groups -OCH3 is 2. The van der Waals surface area contributed by atoms with Gasteiger partial charge in [0.05, 0.1) is 26.0 Å². The zero-order chi connectivity index (χ0) is 18.5. The van der Waals surface area contributed by atoms with Gasteiger partial charge >= 0.3 is 0 Å². The fraction of sp³-hybridized carbons (Fsp3) is 0.474. The van der Waals surface area contributed by atoms with Crippen molar-refractivity contribution in [3.05, 3.63) is 36.2 Å². The lowest BCUT2D eigenvalue weighted by atomic mass is 10.0. The molecule has 0 saturated carbocycles. The molecule has 1 aliphatic rings. The van der Waals surface area contributed by atoms with Crippen LogP contribution in [0.3, 0.4) is 0 Å². The average molecular weight is 375 g/mol. The van der Waals surface area contributed by atoms with Crippen molar-refractivity contribution in [1.29, 1.82) is 0 Å². The molecule has 6 nitrogen and oxygen atoms in total. The third-order valence-electron chi connectivity index (χ3n) is 4.71. The maximum absolute atomic E-state index is 12.9. The van der Waals surface area contributed by atoms with E-state index < -0.39 is 0 Å². The van der Waals surface area contributed by atoms with Gasteiger partial charge in [0.1, 0.15) is 11.5 Å². The number of aromatic nitrogens is 2. The van der Waals surface area contributed by atoms with Crippen LogP contribution in [0.25, 0.3) is 0 Å². The zero-order valence-corrected chi connectivity index (χ0v) is 16.3.